The monoisotopic (exact) mass is 449 g/mol. The second-order valence-corrected chi connectivity index (χ2v) is 9.04. The first-order valence-electron chi connectivity index (χ1n) is 10.6. The van der Waals surface area contributed by atoms with Crippen molar-refractivity contribution in [1.29, 1.82) is 0 Å². The lowest BCUT2D eigenvalue weighted by atomic mass is 10.0. The maximum Gasteiger partial charge on any atom is 0.410 e. The molecule has 2 saturated heterocycles. The van der Waals surface area contributed by atoms with Gasteiger partial charge in [0.2, 0.25) is 0 Å². The van der Waals surface area contributed by atoms with Gasteiger partial charge in [-0.2, -0.15) is 5.06 Å². The standard InChI is InChI=1S/C21H31N5O6/c1-6-10-31-26-14-11-13(2)16(25(12-14)19(26)29)18(28)23-22-17(27)15-8-7-9-24(15)20(30)32-21(3,4)5/h6,11,14-16H,1,7-10,12H2,2-5H3,(H,22,27)(H,23,28)/t14-,15+,16+/m1/s1. The van der Waals surface area contributed by atoms with Crippen LogP contribution in [-0.4, -0.2) is 82.2 Å². The van der Waals surface area contributed by atoms with E-state index in [2.05, 4.69) is 17.4 Å². The molecule has 11 heteroatoms. The van der Waals surface area contributed by atoms with Crippen LogP contribution in [0.25, 0.3) is 0 Å². The fourth-order valence-corrected chi connectivity index (χ4v) is 4.08. The second-order valence-electron chi connectivity index (χ2n) is 9.04. The highest BCUT2D eigenvalue weighted by molar-refractivity contribution is 5.94. The molecule has 0 unspecified atom stereocenters. The number of urea groups is 1. The molecule has 0 saturated carbocycles. The number of amides is 5. The lowest BCUT2D eigenvalue weighted by Crippen LogP contribution is -2.57. The fourth-order valence-electron chi connectivity index (χ4n) is 4.08. The molecular formula is C21H31N5O6. The summed E-state index contributed by atoms with van der Waals surface area (Å²) < 4.78 is 5.37. The van der Waals surface area contributed by atoms with Gasteiger partial charge in [-0.05, 0) is 46.1 Å². The van der Waals surface area contributed by atoms with E-state index >= 15 is 0 Å². The molecule has 32 heavy (non-hydrogen) atoms. The first-order chi connectivity index (χ1) is 15.0. The van der Waals surface area contributed by atoms with Gasteiger partial charge in [0, 0.05) is 6.54 Å². The molecule has 2 bridgehead atoms. The van der Waals surface area contributed by atoms with Gasteiger partial charge in [0.1, 0.15) is 17.7 Å². The minimum Gasteiger partial charge on any atom is -0.444 e. The van der Waals surface area contributed by atoms with Crippen molar-refractivity contribution in [2.75, 3.05) is 19.7 Å². The van der Waals surface area contributed by atoms with E-state index in [1.54, 1.807) is 33.8 Å². The van der Waals surface area contributed by atoms with Crippen LogP contribution in [0.15, 0.2) is 24.3 Å². The molecule has 3 atom stereocenters. The Labute approximate surface area is 187 Å². The largest absolute Gasteiger partial charge is 0.444 e. The van der Waals surface area contributed by atoms with Crippen molar-refractivity contribution in [3.8, 4) is 0 Å². The number of likely N-dealkylation sites (tertiary alicyclic amines) is 1. The van der Waals surface area contributed by atoms with E-state index in [-0.39, 0.29) is 12.6 Å². The van der Waals surface area contributed by atoms with Crippen LogP contribution in [0.5, 0.6) is 0 Å². The summed E-state index contributed by atoms with van der Waals surface area (Å²) in [6.45, 7) is 11.4. The van der Waals surface area contributed by atoms with Gasteiger partial charge in [-0.25, -0.2) is 9.59 Å². The Morgan fingerprint density at radius 1 is 1.25 bits per heavy atom. The molecule has 176 valence electrons. The minimum atomic E-state index is -0.873. The third-order valence-corrected chi connectivity index (χ3v) is 5.39. The molecule has 2 fully saturated rings. The number of hydrogen-bond donors (Lipinski definition) is 2. The van der Waals surface area contributed by atoms with E-state index in [0.29, 0.717) is 31.5 Å². The predicted molar refractivity (Wildman–Crippen MR) is 114 cm³/mol. The maximum absolute atomic E-state index is 12.8. The number of nitrogens with zero attached hydrogens (tertiary/aromatic N) is 3. The Morgan fingerprint density at radius 2 is 1.94 bits per heavy atom. The van der Waals surface area contributed by atoms with Gasteiger partial charge in [-0.15, -0.1) is 6.58 Å². The maximum atomic E-state index is 12.8. The average molecular weight is 450 g/mol. The SMILES string of the molecule is C=CCON1C(=O)N2C[C@H]1C=C(C)[C@H]2C(=O)NNC(=O)[C@@H]1CCCN1C(=O)OC(C)(C)C. The fraction of sp³-hybridized carbons (Fsp3) is 0.619. The van der Waals surface area contributed by atoms with Crippen LogP contribution in [0.3, 0.4) is 0 Å². The zero-order chi connectivity index (χ0) is 23.6. The highest BCUT2D eigenvalue weighted by Gasteiger charge is 2.47. The van der Waals surface area contributed by atoms with E-state index in [0.717, 1.165) is 0 Å². The van der Waals surface area contributed by atoms with Gasteiger partial charge in [0.25, 0.3) is 11.8 Å². The smallest absolute Gasteiger partial charge is 0.410 e. The molecule has 0 aliphatic carbocycles. The summed E-state index contributed by atoms with van der Waals surface area (Å²) in [5.41, 5.74) is 4.79. The Bertz CT molecular complexity index is 835. The summed E-state index contributed by atoms with van der Waals surface area (Å²) in [7, 11) is 0. The van der Waals surface area contributed by atoms with Crippen molar-refractivity contribution in [2.24, 2.45) is 0 Å². The number of ether oxygens (including phenoxy) is 1. The van der Waals surface area contributed by atoms with Crippen molar-refractivity contribution >= 4 is 23.9 Å². The van der Waals surface area contributed by atoms with Gasteiger partial charge in [-0.3, -0.25) is 30.2 Å². The van der Waals surface area contributed by atoms with Gasteiger partial charge in [0.15, 0.2) is 0 Å². The molecule has 3 aliphatic heterocycles. The van der Waals surface area contributed by atoms with Gasteiger partial charge >= 0.3 is 12.1 Å². The van der Waals surface area contributed by atoms with Crippen LogP contribution in [0.2, 0.25) is 0 Å². The first-order valence-corrected chi connectivity index (χ1v) is 10.6. The molecule has 3 aliphatic rings. The summed E-state index contributed by atoms with van der Waals surface area (Å²) in [6, 6.07) is -2.33. The molecule has 0 spiro atoms. The summed E-state index contributed by atoms with van der Waals surface area (Å²) in [6.07, 6.45) is 3.88. The molecule has 2 N–H and O–H groups in total. The lowest BCUT2D eigenvalue weighted by Gasteiger charge is -2.30. The van der Waals surface area contributed by atoms with Crippen LogP contribution in [-0.2, 0) is 19.2 Å². The number of carbonyl (C=O) groups is 4. The van der Waals surface area contributed by atoms with E-state index < -0.39 is 41.6 Å². The van der Waals surface area contributed by atoms with Gasteiger partial charge in [-0.1, -0.05) is 12.2 Å². The van der Waals surface area contributed by atoms with E-state index in [1.165, 1.54) is 20.9 Å². The third kappa shape index (κ3) is 4.87. The Hall–Kier alpha value is -3.08. The Balaban J connectivity index is 1.59. The van der Waals surface area contributed by atoms with Crippen LogP contribution >= 0.6 is 0 Å². The highest BCUT2D eigenvalue weighted by Crippen LogP contribution is 2.29. The number of rotatable bonds is 5. The third-order valence-electron chi connectivity index (χ3n) is 5.39. The van der Waals surface area contributed by atoms with Crippen LogP contribution in [0.4, 0.5) is 9.59 Å². The number of hydrogen-bond acceptors (Lipinski definition) is 6. The first kappa shape index (κ1) is 23.6. The number of carbonyl (C=O) groups excluding carboxylic acids is 4. The quantitative estimate of drug-likeness (QED) is 0.479. The topological polar surface area (TPSA) is 121 Å². The molecule has 0 aromatic carbocycles. The second kappa shape index (κ2) is 9.19. The molecule has 3 rings (SSSR count). The molecule has 0 aromatic heterocycles. The van der Waals surface area contributed by atoms with Crippen LogP contribution in [0.1, 0.15) is 40.5 Å². The average Bonchev–Trinajstić information content (AvgIpc) is 3.28. The lowest BCUT2D eigenvalue weighted by molar-refractivity contribution is -0.132. The zero-order valence-electron chi connectivity index (χ0n) is 18.9. The summed E-state index contributed by atoms with van der Waals surface area (Å²) in [4.78, 5) is 58.8. The molecule has 5 amide bonds. The van der Waals surface area contributed by atoms with E-state index in [4.69, 9.17) is 9.57 Å². The number of hydrazine groups is 1. The molecule has 3 heterocycles. The Morgan fingerprint density at radius 3 is 2.59 bits per heavy atom. The highest BCUT2D eigenvalue weighted by atomic mass is 16.7. The molecule has 0 radical (unpaired) electrons. The van der Waals surface area contributed by atoms with Crippen molar-refractivity contribution < 1.29 is 28.8 Å². The Kier molecular flexibility index (Phi) is 6.77. The van der Waals surface area contributed by atoms with Crippen molar-refractivity contribution in [3.05, 3.63) is 24.3 Å². The number of hydroxylamine groups is 2. The molecule has 11 nitrogen and oxygen atoms in total. The summed E-state index contributed by atoms with van der Waals surface area (Å²) in [5.74, 6) is -1.06. The summed E-state index contributed by atoms with van der Waals surface area (Å²) in [5, 5.41) is 1.23. The van der Waals surface area contributed by atoms with E-state index in [1.807, 2.05) is 0 Å². The number of nitrogens with one attached hydrogen (secondary N) is 2. The normalized spacial score (nSPS) is 24.9. The predicted octanol–water partition coefficient (Wildman–Crippen LogP) is 1.09. The van der Waals surface area contributed by atoms with Gasteiger partial charge in [0.05, 0.1) is 19.2 Å². The zero-order valence-corrected chi connectivity index (χ0v) is 18.9. The van der Waals surface area contributed by atoms with Crippen LogP contribution < -0.4 is 10.9 Å². The van der Waals surface area contributed by atoms with Crippen molar-refractivity contribution in [1.82, 2.24) is 25.7 Å². The van der Waals surface area contributed by atoms with E-state index in [9.17, 15) is 19.2 Å². The minimum absolute atomic E-state index is 0.172. The molecule has 0 aromatic rings. The summed E-state index contributed by atoms with van der Waals surface area (Å²) >= 11 is 0. The van der Waals surface area contributed by atoms with Crippen LogP contribution in [0, 0.1) is 0 Å². The van der Waals surface area contributed by atoms with Crippen molar-refractivity contribution in [2.45, 2.75) is 64.3 Å². The van der Waals surface area contributed by atoms with Crippen molar-refractivity contribution in [3.63, 3.8) is 0 Å². The molecular weight excluding hydrogens is 418 g/mol. The number of fused-ring (bicyclic) bond motifs is 2. The van der Waals surface area contributed by atoms with Gasteiger partial charge < -0.3 is 9.64 Å².